The van der Waals surface area contributed by atoms with Crippen LogP contribution in [0.4, 0.5) is 13.2 Å². The van der Waals surface area contributed by atoms with Crippen LogP contribution in [0.1, 0.15) is 38.8 Å². The predicted octanol–water partition coefficient (Wildman–Crippen LogP) is 3.20. The standard InChI is InChI=1S/C15H19F3N2O2/c1-14(2,3)22-11-7-5-4-6-10(11)13(15(16,17)18)20-9-8-12(21)19-20/h4-7,13H,8-9H2,1-3H3,(H,19,21)/t13-/m0/s1. The summed E-state index contributed by atoms with van der Waals surface area (Å²) < 4.78 is 46.3. The predicted molar refractivity (Wildman–Crippen MR) is 75.1 cm³/mol. The van der Waals surface area contributed by atoms with E-state index < -0.39 is 23.7 Å². The molecule has 0 unspecified atom stereocenters. The number of carbonyl (C=O) groups is 1. The fourth-order valence-electron chi connectivity index (χ4n) is 2.34. The molecule has 0 radical (unpaired) electrons. The highest BCUT2D eigenvalue weighted by molar-refractivity contribution is 5.77. The Balaban J connectivity index is 2.42. The van der Waals surface area contributed by atoms with Crippen molar-refractivity contribution in [3.05, 3.63) is 29.8 Å². The van der Waals surface area contributed by atoms with E-state index in [-0.39, 0.29) is 24.3 Å². The molecule has 0 aliphatic carbocycles. The number of carbonyl (C=O) groups excluding carboxylic acids is 1. The first-order chi connectivity index (χ1) is 10.1. The van der Waals surface area contributed by atoms with Crippen molar-refractivity contribution in [2.75, 3.05) is 6.54 Å². The lowest BCUT2D eigenvalue weighted by atomic mass is 10.0. The van der Waals surface area contributed by atoms with Gasteiger partial charge < -0.3 is 4.74 Å². The van der Waals surface area contributed by atoms with Gasteiger partial charge in [-0.05, 0) is 26.8 Å². The first kappa shape index (κ1) is 16.6. The van der Waals surface area contributed by atoms with Gasteiger partial charge >= 0.3 is 6.18 Å². The second-order valence-electron chi connectivity index (χ2n) is 6.17. The van der Waals surface area contributed by atoms with Crippen molar-refractivity contribution in [2.45, 2.75) is 45.0 Å². The highest BCUT2D eigenvalue weighted by atomic mass is 19.4. The molecule has 1 atom stereocenters. The summed E-state index contributed by atoms with van der Waals surface area (Å²) in [5.74, 6) is -0.248. The Hall–Kier alpha value is -1.76. The number of alkyl halides is 3. The molecule has 1 aromatic carbocycles. The molecule has 1 saturated heterocycles. The lowest BCUT2D eigenvalue weighted by Gasteiger charge is -2.32. The van der Waals surface area contributed by atoms with Gasteiger partial charge in [-0.2, -0.15) is 13.2 Å². The van der Waals surface area contributed by atoms with Crippen LogP contribution in [0, 0.1) is 0 Å². The Labute approximate surface area is 127 Å². The van der Waals surface area contributed by atoms with Gasteiger partial charge in [0.15, 0.2) is 6.04 Å². The zero-order chi connectivity index (χ0) is 16.5. The molecule has 0 saturated carbocycles. The number of rotatable bonds is 3. The highest BCUT2D eigenvalue weighted by Crippen LogP contribution is 2.42. The minimum absolute atomic E-state index is 0.00681. The van der Waals surface area contributed by atoms with Gasteiger partial charge in [-0.15, -0.1) is 0 Å². The fourth-order valence-corrected chi connectivity index (χ4v) is 2.34. The number of benzene rings is 1. The van der Waals surface area contributed by atoms with Gasteiger partial charge in [0.2, 0.25) is 5.91 Å². The maximum atomic E-state index is 13.5. The van der Waals surface area contributed by atoms with E-state index in [0.717, 1.165) is 5.01 Å². The molecule has 0 bridgehead atoms. The van der Waals surface area contributed by atoms with Gasteiger partial charge in [0.25, 0.3) is 0 Å². The molecule has 0 aromatic heterocycles. The highest BCUT2D eigenvalue weighted by Gasteiger charge is 2.48. The summed E-state index contributed by atoms with van der Waals surface area (Å²) >= 11 is 0. The van der Waals surface area contributed by atoms with E-state index in [9.17, 15) is 18.0 Å². The maximum absolute atomic E-state index is 13.5. The van der Waals surface area contributed by atoms with E-state index in [4.69, 9.17) is 4.74 Å². The van der Waals surface area contributed by atoms with Crippen LogP contribution < -0.4 is 10.2 Å². The maximum Gasteiger partial charge on any atom is 0.410 e. The van der Waals surface area contributed by atoms with Crippen LogP contribution in [-0.4, -0.2) is 29.2 Å². The largest absolute Gasteiger partial charge is 0.488 e. The van der Waals surface area contributed by atoms with Crippen molar-refractivity contribution in [1.29, 1.82) is 0 Å². The minimum atomic E-state index is -4.53. The van der Waals surface area contributed by atoms with Crippen molar-refractivity contribution in [2.24, 2.45) is 0 Å². The normalized spacial score (nSPS) is 18.2. The average Bonchev–Trinajstić information content (AvgIpc) is 2.74. The average molecular weight is 316 g/mol. The van der Waals surface area contributed by atoms with Gasteiger partial charge in [-0.1, -0.05) is 18.2 Å². The van der Waals surface area contributed by atoms with Crippen LogP contribution in [0.15, 0.2) is 24.3 Å². The number of amides is 1. The van der Waals surface area contributed by atoms with Gasteiger partial charge in [0.1, 0.15) is 11.4 Å². The first-order valence-corrected chi connectivity index (χ1v) is 6.99. The van der Waals surface area contributed by atoms with Gasteiger partial charge in [-0.3, -0.25) is 10.2 Å². The lowest BCUT2D eigenvalue weighted by molar-refractivity contribution is -0.191. The summed E-state index contributed by atoms with van der Waals surface area (Å²) in [7, 11) is 0. The number of nitrogens with one attached hydrogen (secondary N) is 1. The van der Waals surface area contributed by atoms with E-state index in [1.54, 1.807) is 26.8 Å². The lowest BCUT2D eigenvalue weighted by Crippen LogP contribution is -2.44. The van der Waals surface area contributed by atoms with Crippen molar-refractivity contribution in [3.63, 3.8) is 0 Å². The van der Waals surface area contributed by atoms with Gasteiger partial charge in [0.05, 0.1) is 0 Å². The summed E-state index contributed by atoms with van der Waals surface area (Å²) in [4.78, 5) is 11.3. The number of hydrogen-bond acceptors (Lipinski definition) is 3. The zero-order valence-electron chi connectivity index (χ0n) is 12.7. The van der Waals surface area contributed by atoms with E-state index in [1.165, 1.54) is 18.2 Å². The van der Waals surface area contributed by atoms with E-state index in [1.807, 2.05) is 0 Å². The summed E-state index contributed by atoms with van der Waals surface area (Å²) in [6, 6.07) is 4.11. The van der Waals surface area contributed by atoms with Crippen LogP contribution >= 0.6 is 0 Å². The molecule has 1 fully saturated rings. The Morgan fingerprint density at radius 1 is 1.23 bits per heavy atom. The quantitative estimate of drug-likeness (QED) is 0.931. The molecular weight excluding hydrogens is 297 g/mol. The van der Waals surface area contributed by atoms with Crippen LogP contribution in [0.25, 0.3) is 0 Å². The number of ether oxygens (including phenoxy) is 1. The third-order valence-corrected chi connectivity index (χ3v) is 3.10. The monoisotopic (exact) mass is 316 g/mol. The molecule has 1 aromatic rings. The second-order valence-corrected chi connectivity index (χ2v) is 6.17. The molecule has 2 rings (SSSR count). The van der Waals surface area contributed by atoms with Crippen molar-refractivity contribution in [3.8, 4) is 5.75 Å². The molecule has 7 heteroatoms. The zero-order valence-corrected chi connectivity index (χ0v) is 12.7. The minimum Gasteiger partial charge on any atom is -0.488 e. The summed E-state index contributed by atoms with van der Waals surface area (Å²) in [5.41, 5.74) is 1.64. The Morgan fingerprint density at radius 3 is 2.36 bits per heavy atom. The summed E-state index contributed by atoms with van der Waals surface area (Å²) in [6.07, 6.45) is -4.48. The third kappa shape index (κ3) is 3.91. The molecule has 4 nitrogen and oxygen atoms in total. The third-order valence-electron chi connectivity index (χ3n) is 3.10. The molecule has 0 spiro atoms. The second kappa shape index (κ2) is 5.79. The van der Waals surface area contributed by atoms with Crippen molar-refractivity contribution >= 4 is 5.91 Å². The number of nitrogens with zero attached hydrogens (tertiary/aromatic N) is 1. The summed E-state index contributed by atoms with van der Waals surface area (Å²) in [5, 5.41) is 0.924. The van der Waals surface area contributed by atoms with Crippen molar-refractivity contribution in [1.82, 2.24) is 10.4 Å². The SMILES string of the molecule is CC(C)(C)Oc1ccccc1[C@H](N1CCC(=O)N1)C(F)(F)F. The fraction of sp³-hybridized carbons (Fsp3) is 0.533. The number of para-hydroxylation sites is 1. The van der Waals surface area contributed by atoms with Crippen LogP contribution in [-0.2, 0) is 4.79 Å². The first-order valence-electron chi connectivity index (χ1n) is 6.99. The number of halogens is 3. The smallest absolute Gasteiger partial charge is 0.410 e. The van der Waals surface area contributed by atoms with Crippen LogP contribution in [0.3, 0.4) is 0 Å². The van der Waals surface area contributed by atoms with Gasteiger partial charge in [-0.25, -0.2) is 5.01 Å². The summed E-state index contributed by atoms with van der Waals surface area (Å²) in [6.45, 7) is 5.31. The molecule has 1 N–H and O–H groups in total. The van der Waals surface area contributed by atoms with Crippen LogP contribution in [0.5, 0.6) is 5.75 Å². The van der Waals surface area contributed by atoms with Crippen molar-refractivity contribution < 1.29 is 22.7 Å². The molecule has 1 heterocycles. The Kier molecular flexibility index (Phi) is 4.37. The topological polar surface area (TPSA) is 41.6 Å². The molecular formula is C15H19F3N2O2. The molecule has 1 aliphatic rings. The number of hydrazine groups is 1. The van der Waals surface area contributed by atoms with E-state index >= 15 is 0 Å². The molecule has 22 heavy (non-hydrogen) atoms. The molecule has 1 aliphatic heterocycles. The molecule has 122 valence electrons. The Bertz CT molecular complexity index is 552. The molecule has 1 amide bonds. The number of hydrogen-bond donors (Lipinski definition) is 1. The van der Waals surface area contributed by atoms with Crippen LogP contribution in [0.2, 0.25) is 0 Å². The van der Waals surface area contributed by atoms with Gasteiger partial charge in [0, 0.05) is 18.5 Å². The Morgan fingerprint density at radius 2 is 1.86 bits per heavy atom. The van der Waals surface area contributed by atoms with E-state index in [0.29, 0.717) is 0 Å². The van der Waals surface area contributed by atoms with E-state index in [2.05, 4.69) is 5.43 Å².